The molecule has 0 atom stereocenters. The van der Waals surface area contributed by atoms with Crippen LogP contribution in [0.25, 0.3) is 0 Å². The molecule has 7 nitrogen and oxygen atoms in total. The zero-order valence-electron chi connectivity index (χ0n) is 15.4. The van der Waals surface area contributed by atoms with E-state index in [1.807, 2.05) is 24.3 Å². The van der Waals surface area contributed by atoms with Crippen LogP contribution in [0.2, 0.25) is 5.02 Å². The highest BCUT2D eigenvalue weighted by atomic mass is 35.5. The second-order valence-electron chi connectivity index (χ2n) is 5.75. The molecule has 0 radical (unpaired) electrons. The molecule has 0 aliphatic rings. The Morgan fingerprint density at radius 1 is 1.04 bits per heavy atom. The fraction of sp³-hybridized carbons (Fsp3) is 0.150. The second kappa shape index (κ2) is 9.05. The molecule has 0 unspecified atom stereocenters. The number of aromatic nitrogens is 2. The molecule has 8 heteroatoms. The van der Waals surface area contributed by atoms with Crippen LogP contribution in [-0.4, -0.2) is 30.1 Å². The van der Waals surface area contributed by atoms with Crippen molar-refractivity contribution in [2.24, 2.45) is 0 Å². The van der Waals surface area contributed by atoms with Gasteiger partial charge in [0.15, 0.2) is 0 Å². The van der Waals surface area contributed by atoms with Gasteiger partial charge in [-0.1, -0.05) is 29.8 Å². The molecule has 0 aliphatic carbocycles. The lowest BCUT2D eigenvalue weighted by Crippen LogP contribution is -2.24. The van der Waals surface area contributed by atoms with Gasteiger partial charge in [0.1, 0.15) is 29.3 Å². The third-order valence-electron chi connectivity index (χ3n) is 3.96. The molecule has 1 aromatic heterocycles. The Morgan fingerprint density at radius 3 is 2.61 bits per heavy atom. The molecule has 0 saturated carbocycles. The van der Waals surface area contributed by atoms with E-state index >= 15 is 0 Å². The number of ether oxygens (including phenoxy) is 2. The molecule has 0 spiro atoms. The summed E-state index contributed by atoms with van der Waals surface area (Å²) >= 11 is 6.04. The number of methoxy groups -OCH3 is 2. The molecule has 0 fully saturated rings. The summed E-state index contributed by atoms with van der Waals surface area (Å²) < 4.78 is 10.6. The maximum Gasteiger partial charge on any atom is 0.270 e. The summed E-state index contributed by atoms with van der Waals surface area (Å²) in [6, 6.07) is 14.2. The van der Waals surface area contributed by atoms with Gasteiger partial charge < -0.3 is 20.1 Å². The summed E-state index contributed by atoms with van der Waals surface area (Å²) in [5, 5.41) is 6.47. The average molecular weight is 399 g/mol. The van der Waals surface area contributed by atoms with Crippen molar-refractivity contribution in [1.29, 1.82) is 0 Å². The van der Waals surface area contributed by atoms with Crippen LogP contribution >= 0.6 is 11.6 Å². The molecule has 3 aromatic rings. The zero-order valence-corrected chi connectivity index (χ0v) is 16.2. The first-order chi connectivity index (χ1) is 13.6. The lowest BCUT2D eigenvalue weighted by molar-refractivity contribution is 0.0945. The third kappa shape index (κ3) is 4.69. The summed E-state index contributed by atoms with van der Waals surface area (Å²) in [4.78, 5) is 20.7. The van der Waals surface area contributed by atoms with Crippen LogP contribution in [-0.2, 0) is 6.54 Å². The van der Waals surface area contributed by atoms with Crippen molar-refractivity contribution in [3.63, 3.8) is 0 Å². The molecule has 3 rings (SSSR count). The fourth-order valence-corrected chi connectivity index (χ4v) is 2.75. The number of hydrogen-bond donors (Lipinski definition) is 2. The molecule has 1 heterocycles. The van der Waals surface area contributed by atoms with Crippen molar-refractivity contribution >= 4 is 29.0 Å². The van der Waals surface area contributed by atoms with Gasteiger partial charge in [0, 0.05) is 23.2 Å². The summed E-state index contributed by atoms with van der Waals surface area (Å²) in [6.45, 7) is 0.317. The van der Waals surface area contributed by atoms with Gasteiger partial charge in [-0.25, -0.2) is 9.97 Å². The number of nitrogens with zero attached hydrogens (tertiary/aromatic N) is 2. The molecular formula is C20H19ClN4O3. The van der Waals surface area contributed by atoms with Gasteiger partial charge in [0.25, 0.3) is 5.91 Å². The van der Waals surface area contributed by atoms with Gasteiger partial charge in [0.2, 0.25) is 0 Å². The Bertz CT molecular complexity index is 981. The summed E-state index contributed by atoms with van der Waals surface area (Å²) in [5.74, 6) is 1.43. The van der Waals surface area contributed by atoms with Crippen molar-refractivity contribution in [2.45, 2.75) is 6.54 Å². The Morgan fingerprint density at radius 2 is 1.82 bits per heavy atom. The van der Waals surface area contributed by atoms with Gasteiger partial charge in [-0.05, 0) is 24.3 Å². The first-order valence-electron chi connectivity index (χ1n) is 8.43. The zero-order chi connectivity index (χ0) is 19.9. The topological polar surface area (TPSA) is 85.4 Å². The number of rotatable bonds is 7. The lowest BCUT2D eigenvalue weighted by Gasteiger charge is -2.12. The largest absolute Gasteiger partial charge is 0.496 e. The quantitative estimate of drug-likeness (QED) is 0.629. The van der Waals surface area contributed by atoms with E-state index in [1.54, 1.807) is 38.5 Å². The fourth-order valence-electron chi connectivity index (χ4n) is 2.58. The standard InChI is InChI=1S/C20H19ClN4O3/c1-27-17-6-4-3-5-13(17)11-22-20(26)16-10-19(24-12-23-16)25-15-9-14(21)7-8-18(15)28-2/h3-10,12H,11H2,1-2H3,(H,22,26)(H,23,24,25). The van der Waals surface area contributed by atoms with Crippen LogP contribution in [0.5, 0.6) is 11.5 Å². The molecule has 144 valence electrons. The number of anilines is 2. The van der Waals surface area contributed by atoms with E-state index in [0.717, 1.165) is 5.56 Å². The van der Waals surface area contributed by atoms with E-state index < -0.39 is 0 Å². The molecule has 2 aromatic carbocycles. The maximum atomic E-state index is 12.5. The minimum atomic E-state index is -0.325. The molecule has 28 heavy (non-hydrogen) atoms. The minimum Gasteiger partial charge on any atom is -0.496 e. The van der Waals surface area contributed by atoms with E-state index in [4.69, 9.17) is 21.1 Å². The number of para-hydroxylation sites is 1. The average Bonchev–Trinajstić information content (AvgIpc) is 2.72. The van der Waals surface area contributed by atoms with Crippen LogP contribution in [0.3, 0.4) is 0 Å². The predicted molar refractivity (Wildman–Crippen MR) is 107 cm³/mol. The van der Waals surface area contributed by atoms with E-state index in [2.05, 4.69) is 20.6 Å². The molecule has 0 saturated heterocycles. The van der Waals surface area contributed by atoms with Gasteiger partial charge in [-0.2, -0.15) is 0 Å². The molecule has 0 aliphatic heterocycles. The molecular weight excluding hydrogens is 380 g/mol. The Labute approximate surface area is 167 Å². The Hall–Kier alpha value is -3.32. The highest BCUT2D eigenvalue weighted by molar-refractivity contribution is 6.31. The number of carbonyl (C=O) groups is 1. The van der Waals surface area contributed by atoms with Crippen LogP contribution in [0.4, 0.5) is 11.5 Å². The van der Waals surface area contributed by atoms with Gasteiger partial charge in [0.05, 0.1) is 19.9 Å². The van der Waals surface area contributed by atoms with Gasteiger partial charge in [-0.3, -0.25) is 4.79 Å². The summed E-state index contributed by atoms with van der Waals surface area (Å²) in [7, 11) is 3.15. The first-order valence-corrected chi connectivity index (χ1v) is 8.81. The van der Waals surface area contributed by atoms with Crippen LogP contribution < -0.4 is 20.1 Å². The SMILES string of the molecule is COc1ccccc1CNC(=O)c1cc(Nc2cc(Cl)ccc2OC)ncn1. The first kappa shape index (κ1) is 19.4. The summed E-state index contributed by atoms with van der Waals surface area (Å²) in [5.41, 5.74) is 1.73. The predicted octanol–water partition coefficient (Wildman–Crippen LogP) is 3.82. The summed E-state index contributed by atoms with van der Waals surface area (Å²) in [6.07, 6.45) is 1.32. The Kier molecular flexibility index (Phi) is 6.29. The van der Waals surface area contributed by atoms with Crippen molar-refractivity contribution in [1.82, 2.24) is 15.3 Å². The van der Waals surface area contributed by atoms with Crippen molar-refractivity contribution in [3.05, 3.63) is 71.1 Å². The number of amides is 1. The lowest BCUT2D eigenvalue weighted by atomic mass is 10.2. The smallest absolute Gasteiger partial charge is 0.270 e. The third-order valence-corrected chi connectivity index (χ3v) is 4.19. The number of hydrogen-bond acceptors (Lipinski definition) is 6. The monoisotopic (exact) mass is 398 g/mol. The minimum absolute atomic E-state index is 0.230. The van der Waals surface area contributed by atoms with Crippen molar-refractivity contribution in [3.8, 4) is 11.5 Å². The second-order valence-corrected chi connectivity index (χ2v) is 6.19. The van der Waals surface area contributed by atoms with Crippen LogP contribution in [0, 0.1) is 0 Å². The Balaban J connectivity index is 1.72. The molecule has 0 bridgehead atoms. The maximum absolute atomic E-state index is 12.5. The number of nitrogens with one attached hydrogen (secondary N) is 2. The van der Waals surface area contributed by atoms with Crippen molar-refractivity contribution < 1.29 is 14.3 Å². The number of halogens is 1. The number of benzene rings is 2. The van der Waals surface area contributed by atoms with E-state index in [-0.39, 0.29) is 11.6 Å². The number of carbonyl (C=O) groups excluding carboxylic acids is 1. The normalized spacial score (nSPS) is 10.2. The van der Waals surface area contributed by atoms with Crippen LogP contribution in [0.15, 0.2) is 54.9 Å². The van der Waals surface area contributed by atoms with Gasteiger partial charge >= 0.3 is 0 Å². The highest BCUT2D eigenvalue weighted by Gasteiger charge is 2.11. The van der Waals surface area contributed by atoms with E-state index in [0.29, 0.717) is 34.6 Å². The van der Waals surface area contributed by atoms with Crippen LogP contribution in [0.1, 0.15) is 16.1 Å². The van der Waals surface area contributed by atoms with Gasteiger partial charge in [-0.15, -0.1) is 0 Å². The molecule has 1 amide bonds. The molecule has 2 N–H and O–H groups in total. The highest BCUT2D eigenvalue weighted by Crippen LogP contribution is 2.29. The van der Waals surface area contributed by atoms with E-state index in [9.17, 15) is 4.79 Å². The van der Waals surface area contributed by atoms with E-state index in [1.165, 1.54) is 6.33 Å². The van der Waals surface area contributed by atoms with Crippen molar-refractivity contribution in [2.75, 3.05) is 19.5 Å².